The molecule has 0 saturated heterocycles. The molecule has 1 unspecified atom stereocenters. The maximum absolute atomic E-state index is 12.4. The SMILES string of the molecule is CCOC(=O)c1ccc(NC(=O)c2cccc(C(=O)NC(C)CC)n2)cc1. The highest BCUT2D eigenvalue weighted by Crippen LogP contribution is 2.12. The van der Waals surface area contributed by atoms with Gasteiger partial charge in [-0.2, -0.15) is 0 Å². The van der Waals surface area contributed by atoms with Crippen LogP contribution in [-0.4, -0.2) is 35.4 Å². The minimum Gasteiger partial charge on any atom is -0.462 e. The standard InChI is InChI=1S/C20H23N3O4/c1-4-13(3)21-18(24)16-7-6-8-17(23-16)19(25)22-15-11-9-14(10-12-15)20(26)27-5-2/h6-13H,4-5H2,1-3H3,(H,21,24)(H,22,25). The van der Waals surface area contributed by atoms with Gasteiger partial charge in [0.15, 0.2) is 0 Å². The van der Waals surface area contributed by atoms with Crippen LogP contribution in [0.25, 0.3) is 0 Å². The lowest BCUT2D eigenvalue weighted by Gasteiger charge is -2.11. The minimum atomic E-state index is -0.447. The third kappa shape index (κ3) is 5.64. The fourth-order valence-corrected chi connectivity index (χ4v) is 2.19. The Morgan fingerprint density at radius 2 is 1.63 bits per heavy atom. The van der Waals surface area contributed by atoms with Crippen molar-refractivity contribution in [2.24, 2.45) is 0 Å². The Hall–Kier alpha value is -3.22. The zero-order valence-corrected chi connectivity index (χ0v) is 15.6. The lowest BCUT2D eigenvalue weighted by atomic mass is 10.2. The third-order valence-electron chi connectivity index (χ3n) is 3.86. The summed E-state index contributed by atoms with van der Waals surface area (Å²) in [4.78, 5) is 40.3. The van der Waals surface area contributed by atoms with E-state index in [9.17, 15) is 14.4 Å². The Balaban J connectivity index is 2.06. The highest BCUT2D eigenvalue weighted by atomic mass is 16.5. The molecule has 2 aromatic rings. The van der Waals surface area contributed by atoms with E-state index in [4.69, 9.17) is 4.74 Å². The highest BCUT2D eigenvalue weighted by molar-refractivity contribution is 6.04. The summed E-state index contributed by atoms with van der Waals surface area (Å²) in [7, 11) is 0. The van der Waals surface area contributed by atoms with Crippen LogP contribution in [0.3, 0.4) is 0 Å². The van der Waals surface area contributed by atoms with Crippen LogP contribution in [0.1, 0.15) is 58.5 Å². The minimum absolute atomic E-state index is 0.0229. The molecule has 1 atom stereocenters. The lowest BCUT2D eigenvalue weighted by Crippen LogP contribution is -2.32. The van der Waals surface area contributed by atoms with E-state index in [1.165, 1.54) is 6.07 Å². The van der Waals surface area contributed by atoms with Crippen molar-refractivity contribution in [3.05, 3.63) is 59.4 Å². The van der Waals surface area contributed by atoms with Gasteiger partial charge in [-0.3, -0.25) is 9.59 Å². The van der Waals surface area contributed by atoms with E-state index in [2.05, 4.69) is 15.6 Å². The number of nitrogens with one attached hydrogen (secondary N) is 2. The molecule has 142 valence electrons. The van der Waals surface area contributed by atoms with Crippen LogP contribution < -0.4 is 10.6 Å². The molecular formula is C20H23N3O4. The second-order valence-electron chi connectivity index (χ2n) is 5.94. The summed E-state index contributed by atoms with van der Waals surface area (Å²) in [6, 6.07) is 11.1. The molecule has 7 heteroatoms. The van der Waals surface area contributed by atoms with E-state index in [0.717, 1.165) is 6.42 Å². The van der Waals surface area contributed by atoms with Crippen LogP contribution in [0.4, 0.5) is 5.69 Å². The van der Waals surface area contributed by atoms with Gasteiger partial charge in [-0.1, -0.05) is 13.0 Å². The number of aromatic nitrogens is 1. The van der Waals surface area contributed by atoms with Crippen molar-refractivity contribution >= 4 is 23.5 Å². The summed E-state index contributed by atoms with van der Waals surface area (Å²) >= 11 is 0. The van der Waals surface area contributed by atoms with E-state index in [-0.39, 0.29) is 23.3 Å². The number of anilines is 1. The molecule has 0 bridgehead atoms. The van der Waals surface area contributed by atoms with Crippen LogP contribution in [0.15, 0.2) is 42.5 Å². The Morgan fingerprint density at radius 3 is 2.22 bits per heavy atom. The molecule has 0 saturated carbocycles. The normalized spacial score (nSPS) is 11.4. The summed E-state index contributed by atoms with van der Waals surface area (Å²) in [6.45, 7) is 5.89. The first-order chi connectivity index (χ1) is 12.9. The molecule has 0 aliphatic carbocycles. The predicted octanol–water partition coefficient (Wildman–Crippen LogP) is 3.04. The summed E-state index contributed by atoms with van der Waals surface area (Å²) < 4.78 is 4.92. The first-order valence-corrected chi connectivity index (χ1v) is 8.81. The molecule has 27 heavy (non-hydrogen) atoms. The Bertz CT molecular complexity index is 818. The number of hydrogen-bond acceptors (Lipinski definition) is 5. The van der Waals surface area contributed by atoms with Crippen molar-refractivity contribution in [1.29, 1.82) is 0 Å². The number of hydrogen-bond donors (Lipinski definition) is 2. The van der Waals surface area contributed by atoms with Gasteiger partial charge in [-0.25, -0.2) is 9.78 Å². The number of carbonyl (C=O) groups is 3. The average molecular weight is 369 g/mol. The fourth-order valence-electron chi connectivity index (χ4n) is 2.19. The third-order valence-corrected chi connectivity index (χ3v) is 3.86. The quantitative estimate of drug-likeness (QED) is 0.731. The number of nitrogens with zero attached hydrogens (tertiary/aromatic N) is 1. The molecule has 1 heterocycles. The van der Waals surface area contributed by atoms with Gasteiger partial charge in [0, 0.05) is 11.7 Å². The van der Waals surface area contributed by atoms with Gasteiger partial charge in [0.05, 0.1) is 12.2 Å². The van der Waals surface area contributed by atoms with Crippen molar-refractivity contribution in [2.45, 2.75) is 33.2 Å². The van der Waals surface area contributed by atoms with Gasteiger partial charge in [0.2, 0.25) is 0 Å². The fraction of sp³-hybridized carbons (Fsp3) is 0.300. The lowest BCUT2D eigenvalue weighted by molar-refractivity contribution is 0.0526. The topological polar surface area (TPSA) is 97.4 Å². The van der Waals surface area contributed by atoms with Crippen LogP contribution in [0.2, 0.25) is 0 Å². The molecule has 2 N–H and O–H groups in total. The number of rotatable bonds is 7. The summed E-state index contributed by atoms with van der Waals surface area (Å²) in [5, 5.41) is 5.50. The predicted molar refractivity (Wildman–Crippen MR) is 102 cm³/mol. The molecule has 0 aliphatic heterocycles. The first kappa shape index (κ1) is 20.1. The van der Waals surface area contributed by atoms with Gasteiger partial charge in [-0.05, 0) is 56.7 Å². The smallest absolute Gasteiger partial charge is 0.338 e. The molecule has 0 radical (unpaired) electrons. The molecule has 0 fully saturated rings. The molecule has 2 rings (SSSR count). The maximum Gasteiger partial charge on any atom is 0.338 e. The number of amides is 2. The maximum atomic E-state index is 12.4. The van der Waals surface area contributed by atoms with Crippen molar-refractivity contribution in [3.63, 3.8) is 0 Å². The largest absolute Gasteiger partial charge is 0.462 e. The van der Waals surface area contributed by atoms with Gasteiger partial charge >= 0.3 is 5.97 Å². The van der Waals surface area contributed by atoms with Gasteiger partial charge in [-0.15, -0.1) is 0 Å². The molecular weight excluding hydrogens is 346 g/mol. The molecule has 2 amide bonds. The van der Waals surface area contributed by atoms with Crippen molar-refractivity contribution in [3.8, 4) is 0 Å². The summed E-state index contributed by atoms with van der Waals surface area (Å²) in [6.07, 6.45) is 0.799. The zero-order chi connectivity index (χ0) is 19.8. The number of pyridine rings is 1. The second kappa shape index (κ2) is 9.47. The molecule has 1 aromatic carbocycles. The molecule has 0 spiro atoms. The van der Waals surface area contributed by atoms with E-state index < -0.39 is 11.9 Å². The Morgan fingerprint density at radius 1 is 1.00 bits per heavy atom. The number of benzene rings is 1. The van der Waals surface area contributed by atoms with Crippen LogP contribution in [0.5, 0.6) is 0 Å². The van der Waals surface area contributed by atoms with Gasteiger partial charge in [0.25, 0.3) is 11.8 Å². The molecule has 0 aliphatic rings. The van der Waals surface area contributed by atoms with Gasteiger partial charge < -0.3 is 15.4 Å². The van der Waals surface area contributed by atoms with Gasteiger partial charge in [0.1, 0.15) is 11.4 Å². The average Bonchev–Trinajstić information content (AvgIpc) is 2.68. The second-order valence-corrected chi connectivity index (χ2v) is 5.94. The Kier molecular flexibility index (Phi) is 7.05. The highest BCUT2D eigenvalue weighted by Gasteiger charge is 2.14. The van der Waals surface area contributed by atoms with Crippen LogP contribution in [0, 0.1) is 0 Å². The van der Waals surface area contributed by atoms with E-state index in [1.807, 2.05) is 13.8 Å². The van der Waals surface area contributed by atoms with E-state index >= 15 is 0 Å². The van der Waals surface area contributed by atoms with Crippen molar-refractivity contribution in [1.82, 2.24) is 10.3 Å². The number of carbonyl (C=O) groups excluding carboxylic acids is 3. The monoisotopic (exact) mass is 369 g/mol. The Labute approximate surface area is 158 Å². The number of ether oxygens (including phenoxy) is 1. The van der Waals surface area contributed by atoms with E-state index in [1.54, 1.807) is 43.3 Å². The van der Waals surface area contributed by atoms with Crippen molar-refractivity contribution in [2.75, 3.05) is 11.9 Å². The first-order valence-electron chi connectivity index (χ1n) is 8.81. The van der Waals surface area contributed by atoms with Crippen LogP contribution >= 0.6 is 0 Å². The number of esters is 1. The zero-order valence-electron chi connectivity index (χ0n) is 15.6. The van der Waals surface area contributed by atoms with Crippen LogP contribution in [-0.2, 0) is 4.74 Å². The van der Waals surface area contributed by atoms with Crippen molar-refractivity contribution < 1.29 is 19.1 Å². The summed E-state index contributed by atoms with van der Waals surface area (Å²) in [5.74, 6) is -1.19. The molecule has 7 nitrogen and oxygen atoms in total. The molecule has 1 aromatic heterocycles. The van der Waals surface area contributed by atoms with E-state index in [0.29, 0.717) is 17.9 Å². The summed E-state index contributed by atoms with van der Waals surface area (Å²) in [5.41, 5.74) is 1.21.